The van der Waals surface area contributed by atoms with Crippen LogP contribution < -0.4 is 11.1 Å². The van der Waals surface area contributed by atoms with Gasteiger partial charge in [-0.1, -0.05) is 43.7 Å². The molecule has 154 valence electrons. The van der Waals surface area contributed by atoms with Gasteiger partial charge in [0.15, 0.2) is 0 Å². The number of nitrogens with one attached hydrogen (secondary N) is 2. The number of carbonyl (C=O) groups excluding carboxylic acids is 3. The van der Waals surface area contributed by atoms with Gasteiger partial charge in [-0.25, -0.2) is 0 Å². The van der Waals surface area contributed by atoms with E-state index in [-0.39, 0.29) is 19.0 Å². The molecule has 29 heavy (non-hydrogen) atoms. The van der Waals surface area contributed by atoms with Crippen LogP contribution in [0.25, 0.3) is 0 Å². The van der Waals surface area contributed by atoms with Crippen molar-refractivity contribution in [1.82, 2.24) is 30.3 Å². The van der Waals surface area contributed by atoms with E-state index in [4.69, 9.17) is 5.73 Å². The number of carbonyl (C=O) groups is 3. The summed E-state index contributed by atoms with van der Waals surface area (Å²) in [4.78, 5) is 45.2. The van der Waals surface area contributed by atoms with Gasteiger partial charge >= 0.3 is 11.8 Å². The van der Waals surface area contributed by atoms with Crippen LogP contribution in [0.15, 0.2) is 30.3 Å². The Balaban J connectivity index is 1.78. The predicted octanol–water partition coefficient (Wildman–Crippen LogP) is 0.215. The highest BCUT2D eigenvalue weighted by atomic mass is 16.2. The molecule has 3 amide bonds. The largest absolute Gasteiger partial charge is 0.367 e. The van der Waals surface area contributed by atoms with Gasteiger partial charge in [-0.3, -0.25) is 19.5 Å². The molecule has 2 aromatic rings. The molecule has 1 aromatic heterocycles. The summed E-state index contributed by atoms with van der Waals surface area (Å²) in [5.74, 6) is -1.16. The fourth-order valence-electron chi connectivity index (χ4n) is 3.26. The Morgan fingerprint density at radius 3 is 2.66 bits per heavy atom. The summed E-state index contributed by atoms with van der Waals surface area (Å²) >= 11 is 0. The van der Waals surface area contributed by atoms with Crippen molar-refractivity contribution in [3.63, 3.8) is 0 Å². The molecule has 0 radical (unpaired) electrons. The second-order valence-electron chi connectivity index (χ2n) is 6.82. The molecule has 10 heteroatoms. The second-order valence-corrected chi connectivity index (χ2v) is 6.82. The number of aromatic nitrogens is 3. The lowest BCUT2D eigenvalue weighted by atomic mass is 10.0. The smallest absolute Gasteiger partial charge is 0.313 e. The zero-order chi connectivity index (χ0) is 20.8. The topological polar surface area (TPSA) is 137 Å². The van der Waals surface area contributed by atoms with Crippen LogP contribution in [0, 0.1) is 0 Å². The molecular weight excluding hydrogens is 374 g/mol. The first kappa shape index (κ1) is 20.3. The molecule has 0 bridgehead atoms. The number of amides is 3. The fourth-order valence-corrected chi connectivity index (χ4v) is 3.26. The highest BCUT2D eigenvalue weighted by Gasteiger charge is 2.39. The van der Waals surface area contributed by atoms with E-state index in [0.29, 0.717) is 24.5 Å². The molecule has 1 aliphatic heterocycles. The van der Waals surface area contributed by atoms with E-state index in [1.807, 2.05) is 13.0 Å². The Labute approximate surface area is 168 Å². The first-order valence-corrected chi connectivity index (χ1v) is 9.60. The van der Waals surface area contributed by atoms with Gasteiger partial charge in [-0.15, -0.1) is 5.10 Å². The van der Waals surface area contributed by atoms with Gasteiger partial charge in [0, 0.05) is 19.6 Å². The van der Waals surface area contributed by atoms with Crippen molar-refractivity contribution in [2.45, 2.75) is 32.4 Å². The minimum absolute atomic E-state index is 0.0744. The van der Waals surface area contributed by atoms with Crippen molar-refractivity contribution in [3.8, 4) is 0 Å². The summed E-state index contributed by atoms with van der Waals surface area (Å²) in [7, 11) is 0. The number of benzene rings is 1. The zero-order valence-corrected chi connectivity index (χ0v) is 16.3. The number of rotatable bonds is 8. The highest BCUT2D eigenvalue weighted by molar-refractivity contribution is 6.35. The van der Waals surface area contributed by atoms with Crippen molar-refractivity contribution < 1.29 is 14.4 Å². The van der Waals surface area contributed by atoms with Crippen LogP contribution in [-0.2, 0) is 20.9 Å². The standard InChI is InChI=1S/C19H25N7O3/c1-2-3-9-25-10-11-26(18(29)17(25)28)15(13-7-5-4-6-8-13)16(27)21-12-14-22-19(20)24-23-14/h4-8,15H,2-3,9-12H2,1H3,(H,21,27)(H3,20,22,23,24). The minimum Gasteiger partial charge on any atom is -0.367 e. The highest BCUT2D eigenvalue weighted by Crippen LogP contribution is 2.24. The van der Waals surface area contributed by atoms with Gasteiger partial charge in [0.2, 0.25) is 11.9 Å². The van der Waals surface area contributed by atoms with E-state index >= 15 is 0 Å². The normalized spacial score (nSPS) is 15.5. The second kappa shape index (κ2) is 9.18. The Morgan fingerprint density at radius 2 is 2.00 bits per heavy atom. The molecule has 1 aliphatic rings. The number of anilines is 1. The molecule has 3 rings (SSSR count). The minimum atomic E-state index is -0.916. The molecule has 0 saturated carbocycles. The molecule has 0 aliphatic carbocycles. The third-order valence-electron chi connectivity index (χ3n) is 4.78. The molecule has 1 fully saturated rings. The van der Waals surface area contributed by atoms with Crippen molar-refractivity contribution in [3.05, 3.63) is 41.7 Å². The number of unbranched alkanes of at least 4 members (excludes halogenated alkanes) is 1. The maximum Gasteiger partial charge on any atom is 0.313 e. The number of nitrogens with two attached hydrogens (primary N) is 1. The van der Waals surface area contributed by atoms with Crippen LogP contribution in [0.3, 0.4) is 0 Å². The molecule has 1 aromatic carbocycles. The van der Waals surface area contributed by atoms with Gasteiger partial charge in [-0.05, 0) is 12.0 Å². The van der Waals surface area contributed by atoms with E-state index in [9.17, 15) is 14.4 Å². The van der Waals surface area contributed by atoms with Crippen molar-refractivity contribution in [1.29, 1.82) is 0 Å². The Kier molecular flexibility index (Phi) is 6.43. The monoisotopic (exact) mass is 399 g/mol. The fraction of sp³-hybridized carbons (Fsp3) is 0.421. The Hall–Kier alpha value is -3.43. The maximum absolute atomic E-state index is 13.0. The summed E-state index contributed by atoms with van der Waals surface area (Å²) in [6.45, 7) is 3.34. The van der Waals surface area contributed by atoms with Crippen LogP contribution in [0.2, 0.25) is 0 Å². The van der Waals surface area contributed by atoms with Gasteiger partial charge in [0.1, 0.15) is 11.9 Å². The quantitative estimate of drug-likeness (QED) is 0.543. The summed E-state index contributed by atoms with van der Waals surface area (Å²) in [6, 6.07) is 8.01. The van der Waals surface area contributed by atoms with Crippen molar-refractivity contribution in [2.24, 2.45) is 0 Å². The number of H-pyrrole nitrogens is 1. The van der Waals surface area contributed by atoms with E-state index < -0.39 is 23.8 Å². The summed E-state index contributed by atoms with van der Waals surface area (Å²) in [5.41, 5.74) is 6.10. The predicted molar refractivity (Wildman–Crippen MR) is 105 cm³/mol. The summed E-state index contributed by atoms with van der Waals surface area (Å²) in [5, 5.41) is 9.08. The molecule has 10 nitrogen and oxygen atoms in total. The number of hydrogen-bond acceptors (Lipinski definition) is 6. The Morgan fingerprint density at radius 1 is 1.24 bits per heavy atom. The molecular formula is C19H25N7O3. The average molecular weight is 399 g/mol. The molecule has 1 atom stereocenters. The zero-order valence-electron chi connectivity index (χ0n) is 16.3. The molecule has 4 N–H and O–H groups in total. The van der Waals surface area contributed by atoms with Crippen LogP contribution >= 0.6 is 0 Å². The van der Waals surface area contributed by atoms with Crippen LogP contribution in [0.5, 0.6) is 0 Å². The summed E-state index contributed by atoms with van der Waals surface area (Å²) in [6.07, 6.45) is 1.77. The van der Waals surface area contributed by atoms with Crippen LogP contribution in [-0.4, -0.2) is 62.3 Å². The van der Waals surface area contributed by atoms with Gasteiger partial charge in [-0.2, -0.15) is 4.98 Å². The summed E-state index contributed by atoms with van der Waals surface area (Å²) < 4.78 is 0. The lowest BCUT2D eigenvalue weighted by molar-refractivity contribution is -0.159. The molecule has 1 unspecified atom stereocenters. The van der Waals surface area contributed by atoms with Gasteiger partial charge in [0.05, 0.1) is 6.54 Å². The average Bonchev–Trinajstić information content (AvgIpc) is 3.15. The van der Waals surface area contributed by atoms with E-state index in [2.05, 4.69) is 20.5 Å². The van der Waals surface area contributed by atoms with E-state index in [1.165, 1.54) is 4.90 Å². The number of hydrogen-bond donors (Lipinski definition) is 3. The molecule has 0 spiro atoms. The maximum atomic E-state index is 13.0. The lowest BCUT2D eigenvalue weighted by Crippen LogP contribution is -2.57. The van der Waals surface area contributed by atoms with Crippen molar-refractivity contribution >= 4 is 23.7 Å². The first-order chi connectivity index (χ1) is 14.0. The van der Waals surface area contributed by atoms with E-state index in [1.54, 1.807) is 29.2 Å². The number of nitrogen functional groups attached to an aromatic ring is 1. The molecule has 2 heterocycles. The lowest BCUT2D eigenvalue weighted by Gasteiger charge is -2.38. The number of piperazine rings is 1. The SMILES string of the molecule is CCCCN1CCN(C(C(=O)NCc2nc(N)n[nH]2)c2ccccc2)C(=O)C1=O. The number of nitrogens with zero attached hydrogens (tertiary/aromatic N) is 4. The number of aromatic amines is 1. The third kappa shape index (κ3) is 4.71. The van der Waals surface area contributed by atoms with Gasteiger partial charge < -0.3 is 20.9 Å². The first-order valence-electron chi connectivity index (χ1n) is 9.60. The van der Waals surface area contributed by atoms with Gasteiger partial charge in [0.25, 0.3) is 0 Å². The van der Waals surface area contributed by atoms with Crippen LogP contribution in [0.1, 0.15) is 37.2 Å². The van der Waals surface area contributed by atoms with Crippen molar-refractivity contribution in [2.75, 3.05) is 25.4 Å². The Bertz CT molecular complexity index is 868. The van der Waals surface area contributed by atoms with E-state index in [0.717, 1.165) is 12.8 Å². The van der Waals surface area contributed by atoms with Crippen LogP contribution in [0.4, 0.5) is 5.95 Å². The molecule has 1 saturated heterocycles. The third-order valence-corrected chi connectivity index (χ3v) is 4.78.